The third kappa shape index (κ3) is 2.80. The Kier molecular flexibility index (Phi) is 3.26. The molecule has 0 radical (unpaired) electrons. The van der Waals surface area contributed by atoms with Gasteiger partial charge in [-0.15, -0.1) is 0 Å². The van der Waals surface area contributed by atoms with Gasteiger partial charge in [0.05, 0.1) is 0 Å². The summed E-state index contributed by atoms with van der Waals surface area (Å²) in [4.78, 5) is 11.7. The monoisotopic (exact) mass is 229 g/mol. The van der Waals surface area contributed by atoms with E-state index in [1.54, 1.807) is 0 Å². The zero-order valence-corrected chi connectivity index (χ0v) is 9.22. The van der Waals surface area contributed by atoms with Crippen LogP contribution < -0.4 is 5.32 Å². The number of nitrogens with one attached hydrogen (secondary N) is 1. The zero-order valence-electron chi connectivity index (χ0n) is 9.22. The number of hydrogen-bond acceptors (Lipinski definition) is 1. The number of amides is 1. The first-order chi connectivity index (χ1) is 7.57. The average Bonchev–Trinajstić information content (AvgIpc) is 2.60. The third-order valence-electron chi connectivity index (χ3n) is 3.36. The second kappa shape index (κ2) is 4.52. The van der Waals surface area contributed by atoms with E-state index < -0.39 is 11.8 Å². The molecule has 16 heavy (non-hydrogen) atoms. The Morgan fingerprint density at radius 2 is 2.19 bits per heavy atom. The van der Waals surface area contributed by atoms with E-state index in [-0.39, 0.29) is 24.8 Å². The predicted octanol–water partition coefficient (Wildman–Crippen LogP) is 2.65. The summed E-state index contributed by atoms with van der Waals surface area (Å²) >= 11 is 0. The van der Waals surface area contributed by atoms with Crippen molar-refractivity contribution in [2.75, 3.05) is 0 Å². The molecule has 2 aliphatic carbocycles. The van der Waals surface area contributed by atoms with Gasteiger partial charge >= 0.3 is 0 Å². The van der Waals surface area contributed by atoms with Crippen molar-refractivity contribution >= 4 is 5.91 Å². The standard InChI is InChI=1S/C12H17F2NO/c13-12(14)7-6-9(8-12)11(16)15-10-4-2-1-3-5-10/h2,4,9-10H,1,3,5-8H2,(H,15,16)/t9-,10-/m1/s1. The van der Waals surface area contributed by atoms with Gasteiger partial charge in [-0.25, -0.2) is 8.78 Å². The number of halogens is 2. The summed E-state index contributed by atoms with van der Waals surface area (Å²) in [5.74, 6) is -3.33. The molecule has 0 saturated heterocycles. The molecular formula is C12H17F2NO. The van der Waals surface area contributed by atoms with E-state index in [2.05, 4.69) is 5.32 Å². The van der Waals surface area contributed by atoms with Gasteiger partial charge in [0.1, 0.15) is 0 Å². The second-order valence-electron chi connectivity index (χ2n) is 4.77. The summed E-state index contributed by atoms with van der Waals surface area (Å²) in [5, 5.41) is 2.84. The van der Waals surface area contributed by atoms with Gasteiger partial charge in [0.15, 0.2) is 0 Å². The Balaban J connectivity index is 1.84. The number of carbonyl (C=O) groups excluding carboxylic acids is 1. The maximum atomic E-state index is 12.9. The summed E-state index contributed by atoms with van der Waals surface area (Å²) in [6.45, 7) is 0. The highest BCUT2D eigenvalue weighted by Gasteiger charge is 2.42. The Labute approximate surface area is 94.1 Å². The lowest BCUT2D eigenvalue weighted by molar-refractivity contribution is -0.126. The Hall–Kier alpha value is -0.930. The van der Waals surface area contributed by atoms with E-state index in [1.165, 1.54) is 0 Å². The molecule has 0 aromatic rings. The lowest BCUT2D eigenvalue weighted by Crippen LogP contribution is -2.38. The molecule has 2 atom stereocenters. The van der Waals surface area contributed by atoms with Crippen molar-refractivity contribution in [3.8, 4) is 0 Å². The second-order valence-corrected chi connectivity index (χ2v) is 4.77. The minimum Gasteiger partial charge on any atom is -0.350 e. The summed E-state index contributed by atoms with van der Waals surface area (Å²) in [6.07, 6.45) is 6.92. The average molecular weight is 229 g/mol. The lowest BCUT2D eigenvalue weighted by atomic mass is 10.0. The number of hydrogen-bond donors (Lipinski definition) is 1. The quantitative estimate of drug-likeness (QED) is 0.725. The van der Waals surface area contributed by atoms with Crippen LogP contribution >= 0.6 is 0 Å². The number of rotatable bonds is 2. The molecule has 0 aliphatic heterocycles. The molecule has 0 bridgehead atoms. The van der Waals surface area contributed by atoms with Crippen LogP contribution in [0.25, 0.3) is 0 Å². The summed E-state index contributed by atoms with van der Waals surface area (Å²) in [5.41, 5.74) is 0. The van der Waals surface area contributed by atoms with Crippen molar-refractivity contribution in [2.24, 2.45) is 5.92 Å². The fraction of sp³-hybridized carbons (Fsp3) is 0.750. The van der Waals surface area contributed by atoms with Crippen molar-refractivity contribution in [1.82, 2.24) is 5.32 Å². The molecule has 90 valence electrons. The number of carbonyl (C=O) groups is 1. The normalized spacial score (nSPS) is 32.6. The van der Waals surface area contributed by atoms with Crippen LogP contribution in [0.1, 0.15) is 38.5 Å². The third-order valence-corrected chi connectivity index (χ3v) is 3.36. The minimum atomic E-state index is -2.63. The lowest BCUT2D eigenvalue weighted by Gasteiger charge is -2.20. The molecule has 0 spiro atoms. The van der Waals surface area contributed by atoms with Crippen LogP contribution in [0.2, 0.25) is 0 Å². The first kappa shape index (κ1) is 11.6. The maximum Gasteiger partial charge on any atom is 0.248 e. The Bertz CT molecular complexity index is 301. The van der Waals surface area contributed by atoms with Gasteiger partial charge in [0, 0.05) is 24.8 Å². The van der Waals surface area contributed by atoms with Crippen LogP contribution in [0.5, 0.6) is 0 Å². The fourth-order valence-electron chi connectivity index (χ4n) is 2.41. The Morgan fingerprint density at radius 1 is 1.38 bits per heavy atom. The first-order valence-corrected chi connectivity index (χ1v) is 5.92. The molecule has 0 heterocycles. The van der Waals surface area contributed by atoms with E-state index in [0.717, 1.165) is 19.3 Å². The largest absolute Gasteiger partial charge is 0.350 e. The van der Waals surface area contributed by atoms with E-state index in [4.69, 9.17) is 0 Å². The van der Waals surface area contributed by atoms with Gasteiger partial charge in [0.25, 0.3) is 0 Å². The molecule has 1 saturated carbocycles. The molecule has 1 N–H and O–H groups in total. The maximum absolute atomic E-state index is 12.9. The Morgan fingerprint density at radius 3 is 2.75 bits per heavy atom. The van der Waals surface area contributed by atoms with Crippen LogP contribution in [-0.2, 0) is 4.79 Å². The summed E-state index contributed by atoms with van der Waals surface area (Å²) in [6, 6.07) is 0.0514. The van der Waals surface area contributed by atoms with Gasteiger partial charge < -0.3 is 5.32 Å². The number of allylic oxidation sites excluding steroid dienone is 1. The molecule has 0 unspecified atom stereocenters. The molecule has 0 aromatic carbocycles. The molecule has 0 aromatic heterocycles. The highest BCUT2D eigenvalue weighted by Crippen LogP contribution is 2.38. The van der Waals surface area contributed by atoms with Crippen LogP contribution in [0.3, 0.4) is 0 Å². The minimum absolute atomic E-state index is 0.0514. The molecular weight excluding hydrogens is 212 g/mol. The highest BCUT2D eigenvalue weighted by atomic mass is 19.3. The van der Waals surface area contributed by atoms with Gasteiger partial charge in [-0.3, -0.25) is 4.79 Å². The van der Waals surface area contributed by atoms with Gasteiger partial charge in [0.2, 0.25) is 11.8 Å². The SMILES string of the molecule is O=C(N[C@@H]1C=CCCC1)[C@@H]1CCC(F)(F)C1. The van der Waals surface area contributed by atoms with Crippen LogP contribution in [0.15, 0.2) is 12.2 Å². The molecule has 4 heteroatoms. The fourth-order valence-corrected chi connectivity index (χ4v) is 2.41. The van der Waals surface area contributed by atoms with E-state index >= 15 is 0 Å². The molecule has 2 nitrogen and oxygen atoms in total. The molecule has 1 amide bonds. The van der Waals surface area contributed by atoms with E-state index in [9.17, 15) is 13.6 Å². The van der Waals surface area contributed by atoms with E-state index in [1.807, 2.05) is 12.2 Å². The van der Waals surface area contributed by atoms with Crippen LogP contribution in [0, 0.1) is 5.92 Å². The summed E-state index contributed by atoms with van der Waals surface area (Å²) in [7, 11) is 0. The first-order valence-electron chi connectivity index (χ1n) is 5.92. The number of alkyl halides is 2. The van der Waals surface area contributed by atoms with Crippen molar-refractivity contribution in [1.29, 1.82) is 0 Å². The van der Waals surface area contributed by atoms with Crippen molar-refractivity contribution in [3.63, 3.8) is 0 Å². The molecule has 1 fully saturated rings. The smallest absolute Gasteiger partial charge is 0.248 e. The van der Waals surface area contributed by atoms with Crippen molar-refractivity contribution < 1.29 is 13.6 Å². The predicted molar refractivity (Wildman–Crippen MR) is 57.2 cm³/mol. The van der Waals surface area contributed by atoms with E-state index in [0.29, 0.717) is 6.42 Å². The van der Waals surface area contributed by atoms with Gasteiger partial charge in [-0.05, 0) is 25.7 Å². The topological polar surface area (TPSA) is 29.1 Å². The highest BCUT2D eigenvalue weighted by molar-refractivity contribution is 5.79. The zero-order chi connectivity index (χ0) is 11.6. The van der Waals surface area contributed by atoms with Gasteiger partial charge in [-0.1, -0.05) is 12.2 Å². The molecule has 2 rings (SSSR count). The van der Waals surface area contributed by atoms with Crippen LogP contribution in [0.4, 0.5) is 8.78 Å². The van der Waals surface area contributed by atoms with Crippen molar-refractivity contribution in [3.05, 3.63) is 12.2 Å². The van der Waals surface area contributed by atoms with Crippen LogP contribution in [-0.4, -0.2) is 17.9 Å². The summed E-state index contributed by atoms with van der Waals surface area (Å²) < 4.78 is 25.9. The molecule has 2 aliphatic rings. The van der Waals surface area contributed by atoms with Gasteiger partial charge in [-0.2, -0.15) is 0 Å². The van der Waals surface area contributed by atoms with Crippen molar-refractivity contribution in [2.45, 2.75) is 50.5 Å².